The van der Waals surface area contributed by atoms with E-state index in [0.717, 1.165) is 19.4 Å². The first-order chi connectivity index (χ1) is 8.54. The van der Waals surface area contributed by atoms with Gasteiger partial charge < -0.3 is 15.4 Å². The van der Waals surface area contributed by atoms with E-state index in [1.54, 1.807) is 11.8 Å². The molecule has 1 aliphatic heterocycles. The van der Waals surface area contributed by atoms with E-state index in [0.29, 0.717) is 26.0 Å². The summed E-state index contributed by atoms with van der Waals surface area (Å²) in [7, 11) is 0. The Hall–Kier alpha value is -1.10. The second-order valence-corrected chi connectivity index (χ2v) is 4.95. The molecule has 1 rings (SSSR count). The van der Waals surface area contributed by atoms with Crippen molar-refractivity contribution in [3.05, 3.63) is 0 Å². The zero-order valence-electron chi connectivity index (χ0n) is 11.4. The lowest BCUT2D eigenvalue weighted by Crippen LogP contribution is -2.43. The van der Waals surface area contributed by atoms with Crippen molar-refractivity contribution in [3.8, 4) is 0 Å². The van der Waals surface area contributed by atoms with Crippen molar-refractivity contribution in [2.24, 2.45) is 11.7 Å². The van der Waals surface area contributed by atoms with Crippen LogP contribution >= 0.6 is 0 Å². The summed E-state index contributed by atoms with van der Waals surface area (Å²) in [6.07, 6.45) is 2.84. The van der Waals surface area contributed by atoms with Crippen molar-refractivity contribution in [2.45, 2.75) is 45.6 Å². The molecule has 0 aromatic heterocycles. The summed E-state index contributed by atoms with van der Waals surface area (Å²) < 4.78 is 5.01. The lowest BCUT2D eigenvalue weighted by atomic mass is 9.97. The van der Waals surface area contributed by atoms with Crippen molar-refractivity contribution in [2.75, 3.05) is 19.7 Å². The van der Waals surface area contributed by atoms with E-state index in [2.05, 4.69) is 0 Å². The predicted molar refractivity (Wildman–Crippen MR) is 68.8 cm³/mol. The fourth-order valence-electron chi connectivity index (χ4n) is 2.17. The molecule has 2 N–H and O–H groups in total. The first kappa shape index (κ1) is 15.0. The average Bonchev–Trinajstić information content (AvgIpc) is 2.36. The number of nitrogens with two attached hydrogens (primary N) is 1. The number of ether oxygens (including phenoxy) is 1. The fourth-order valence-corrected chi connectivity index (χ4v) is 2.17. The number of esters is 1. The Morgan fingerprint density at radius 1 is 1.50 bits per heavy atom. The number of nitrogens with zero attached hydrogens (tertiary/aromatic N) is 1. The van der Waals surface area contributed by atoms with Gasteiger partial charge in [0, 0.05) is 25.6 Å². The zero-order chi connectivity index (χ0) is 13.5. The number of hydrogen-bond donors (Lipinski definition) is 1. The van der Waals surface area contributed by atoms with Gasteiger partial charge in [-0.3, -0.25) is 9.59 Å². The van der Waals surface area contributed by atoms with E-state index in [9.17, 15) is 9.59 Å². The predicted octanol–water partition coefficient (Wildman–Crippen LogP) is 0.916. The lowest BCUT2D eigenvalue weighted by molar-refractivity contribution is -0.151. The van der Waals surface area contributed by atoms with Crippen LogP contribution in [0.4, 0.5) is 0 Å². The van der Waals surface area contributed by atoms with Gasteiger partial charge in [0.2, 0.25) is 5.91 Å². The Morgan fingerprint density at radius 3 is 2.83 bits per heavy atom. The number of carbonyl (C=O) groups is 2. The topological polar surface area (TPSA) is 72.6 Å². The second kappa shape index (κ2) is 7.36. The Balaban J connectivity index is 2.42. The molecule has 18 heavy (non-hydrogen) atoms. The van der Waals surface area contributed by atoms with Gasteiger partial charge in [-0.1, -0.05) is 0 Å². The molecule has 0 spiro atoms. The Bertz CT molecular complexity index is 292. The highest BCUT2D eigenvalue weighted by Gasteiger charge is 2.28. The molecule has 1 aliphatic rings. The van der Waals surface area contributed by atoms with Crippen LogP contribution in [0.15, 0.2) is 0 Å². The number of piperidine rings is 1. The van der Waals surface area contributed by atoms with Crippen molar-refractivity contribution < 1.29 is 14.3 Å². The van der Waals surface area contributed by atoms with Crippen LogP contribution in [-0.2, 0) is 14.3 Å². The van der Waals surface area contributed by atoms with E-state index in [1.807, 2.05) is 6.92 Å². The molecule has 1 amide bonds. The largest absolute Gasteiger partial charge is 0.466 e. The highest BCUT2D eigenvalue weighted by Crippen LogP contribution is 2.19. The second-order valence-electron chi connectivity index (χ2n) is 4.95. The maximum absolute atomic E-state index is 11.9. The highest BCUT2D eigenvalue weighted by atomic mass is 16.5. The molecular weight excluding hydrogens is 232 g/mol. The van der Waals surface area contributed by atoms with Crippen LogP contribution in [-0.4, -0.2) is 42.5 Å². The van der Waals surface area contributed by atoms with Gasteiger partial charge in [-0.25, -0.2) is 0 Å². The van der Waals surface area contributed by atoms with E-state index in [-0.39, 0.29) is 23.8 Å². The van der Waals surface area contributed by atoms with Crippen LogP contribution in [0.3, 0.4) is 0 Å². The molecule has 5 heteroatoms. The van der Waals surface area contributed by atoms with Gasteiger partial charge in [0.25, 0.3) is 0 Å². The van der Waals surface area contributed by atoms with Crippen LogP contribution in [0, 0.1) is 5.92 Å². The molecule has 0 bridgehead atoms. The molecule has 1 saturated heterocycles. The standard InChI is InChI=1S/C13H24N2O3/c1-3-18-13(17)11-5-4-8-15(9-11)12(16)7-6-10(2)14/h10-11H,3-9,14H2,1-2H3. The monoisotopic (exact) mass is 256 g/mol. The fraction of sp³-hybridized carbons (Fsp3) is 0.846. The van der Waals surface area contributed by atoms with Gasteiger partial charge in [0.15, 0.2) is 0 Å². The first-order valence-corrected chi connectivity index (χ1v) is 6.74. The van der Waals surface area contributed by atoms with Crippen LogP contribution < -0.4 is 5.73 Å². The number of likely N-dealkylation sites (tertiary alicyclic amines) is 1. The number of rotatable bonds is 5. The SMILES string of the molecule is CCOC(=O)C1CCCN(C(=O)CCC(C)N)C1. The van der Waals surface area contributed by atoms with Crippen LogP contribution in [0.5, 0.6) is 0 Å². The molecule has 0 aromatic carbocycles. The Morgan fingerprint density at radius 2 is 2.22 bits per heavy atom. The van der Waals surface area contributed by atoms with Gasteiger partial charge >= 0.3 is 5.97 Å². The van der Waals surface area contributed by atoms with Crippen molar-refractivity contribution in [1.82, 2.24) is 4.90 Å². The van der Waals surface area contributed by atoms with Crippen molar-refractivity contribution >= 4 is 11.9 Å². The molecule has 104 valence electrons. The summed E-state index contributed by atoms with van der Waals surface area (Å²) in [4.78, 5) is 25.4. The number of amides is 1. The maximum atomic E-state index is 11.9. The molecule has 0 aromatic rings. The van der Waals surface area contributed by atoms with E-state index >= 15 is 0 Å². The summed E-state index contributed by atoms with van der Waals surface area (Å²) in [6.45, 7) is 5.33. The summed E-state index contributed by atoms with van der Waals surface area (Å²) in [5.41, 5.74) is 5.64. The minimum atomic E-state index is -0.179. The van der Waals surface area contributed by atoms with Gasteiger partial charge in [0.1, 0.15) is 0 Å². The quantitative estimate of drug-likeness (QED) is 0.742. The molecule has 0 radical (unpaired) electrons. The number of carbonyl (C=O) groups excluding carboxylic acids is 2. The molecule has 0 aliphatic carbocycles. The normalized spacial score (nSPS) is 21.5. The third kappa shape index (κ3) is 4.64. The summed E-state index contributed by atoms with van der Waals surface area (Å²) in [5.74, 6) is -0.235. The molecular formula is C13H24N2O3. The van der Waals surface area contributed by atoms with Crippen molar-refractivity contribution in [1.29, 1.82) is 0 Å². The third-order valence-electron chi connectivity index (χ3n) is 3.21. The Kier molecular flexibility index (Phi) is 6.12. The average molecular weight is 256 g/mol. The minimum Gasteiger partial charge on any atom is -0.466 e. The Labute approximate surface area is 109 Å². The smallest absolute Gasteiger partial charge is 0.310 e. The van der Waals surface area contributed by atoms with Gasteiger partial charge in [0.05, 0.1) is 12.5 Å². The molecule has 1 heterocycles. The van der Waals surface area contributed by atoms with E-state index < -0.39 is 0 Å². The molecule has 0 saturated carbocycles. The summed E-state index contributed by atoms with van der Waals surface area (Å²) in [5, 5.41) is 0. The van der Waals surface area contributed by atoms with Gasteiger partial charge in [-0.2, -0.15) is 0 Å². The minimum absolute atomic E-state index is 0.0413. The highest BCUT2D eigenvalue weighted by molar-refractivity contribution is 5.78. The van der Waals surface area contributed by atoms with Gasteiger partial charge in [-0.05, 0) is 33.1 Å². The van der Waals surface area contributed by atoms with Crippen LogP contribution in [0.25, 0.3) is 0 Å². The maximum Gasteiger partial charge on any atom is 0.310 e. The van der Waals surface area contributed by atoms with Crippen LogP contribution in [0.1, 0.15) is 39.5 Å². The number of hydrogen-bond acceptors (Lipinski definition) is 4. The van der Waals surface area contributed by atoms with E-state index in [4.69, 9.17) is 10.5 Å². The summed E-state index contributed by atoms with van der Waals surface area (Å²) >= 11 is 0. The van der Waals surface area contributed by atoms with Crippen molar-refractivity contribution in [3.63, 3.8) is 0 Å². The molecule has 2 unspecified atom stereocenters. The lowest BCUT2D eigenvalue weighted by Gasteiger charge is -2.31. The zero-order valence-corrected chi connectivity index (χ0v) is 11.4. The first-order valence-electron chi connectivity index (χ1n) is 6.74. The summed E-state index contributed by atoms with van der Waals surface area (Å²) in [6, 6.07) is 0.0413. The molecule has 1 fully saturated rings. The third-order valence-corrected chi connectivity index (χ3v) is 3.21. The molecule has 5 nitrogen and oxygen atoms in total. The van der Waals surface area contributed by atoms with E-state index in [1.165, 1.54) is 0 Å². The van der Waals surface area contributed by atoms with Gasteiger partial charge in [-0.15, -0.1) is 0 Å². The molecule has 2 atom stereocenters. The van der Waals surface area contributed by atoms with Crippen LogP contribution in [0.2, 0.25) is 0 Å².